The number of benzene rings is 3. The summed E-state index contributed by atoms with van der Waals surface area (Å²) in [5, 5.41) is 3.34. The number of carbonyl (C=O) groups excluding carboxylic acids is 2. The van der Waals surface area contributed by atoms with E-state index in [1.165, 1.54) is 5.56 Å². The monoisotopic (exact) mass is 440 g/mol. The van der Waals surface area contributed by atoms with Crippen LogP contribution in [0.2, 0.25) is 0 Å². The number of hydrogen-bond acceptors (Lipinski definition) is 2. The summed E-state index contributed by atoms with van der Waals surface area (Å²) in [6.07, 6.45) is 2.67. The van der Waals surface area contributed by atoms with Gasteiger partial charge in [0, 0.05) is 25.4 Å². The zero-order valence-electron chi connectivity index (χ0n) is 19.2. The molecule has 4 rings (SSSR count). The van der Waals surface area contributed by atoms with Gasteiger partial charge in [-0.15, -0.1) is 0 Å². The van der Waals surface area contributed by atoms with Crippen LogP contribution in [0.25, 0.3) is 0 Å². The molecule has 4 heteroatoms. The molecule has 0 spiro atoms. The second-order valence-electron chi connectivity index (χ2n) is 8.99. The third kappa shape index (κ3) is 5.51. The molecule has 0 atom stereocenters. The fraction of sp³-hybridized carbons (Fsp3) is 0.310. The van der Waals surface area contributed by atoms with Crippen molar-refractivity contribution in [2.45, 2.75) is 38.1 Å². The molecule has 1 fully saturated rings. The molecule has 3 aromatic rings. The highest BCUT2D eigenvalue weighted by Gasteiger charge is 2.34. The smallest absolute Gasteiger partial charge is 0.224 e. The minimum absolute atomic E-state index is 0.0570. The van der Waals surface area contributed by atoms with E-state index >= 15 is 0 Å². The van der Waals surface area contributed by atoms with Gasteiger partial charge >= 0.3 is 0 Å². The van der Waals surface area contributed by atoms with Crippen molar-refractivity contribution in [3.8, 4) is 0 Å². The number of piperidine rings is 1. The van der Waals surface area contributed by atoms with Gasteiger partial charge in [0.05, 0.1) is 5.54 Å². The summed E-state index contributed by atoms with van der Waals surface area (Å²) in [7, 11) is 0. The molecule has 4 nitrogen and oxygen atoms in total. The zero-order chi connectivity index (χ0) is 23.1. The van der Waals surface area contributed by atoms with Gasteiger partial charge in [-0.05, 0) is 42.9 Å². The first-order chi connectivity index (χ1) is 16.1. The molecular weight excluding hydrogens is 408 g/mol. The first kappa shape index (κ1) is 22.8. The van der Waals surface area contributed by atoms with E-state index in [-0.39, 0.29) is 17.7 Å². The normalized spacial score (nSPS) is 14.6. The third-order valence-corrected chi connectivity index (χ3v) is 6.76. The summed E-state index contributed by atoms with van der Waals surface area (Å²) in [4.78, 5) is 27.9. The van der Waals surface area contributed by atoms with Crippen molar-refractivity contribution in [3.05, 3.63) is 108 Å². The Hall–Kier alpha value is -3.40. The Morgan fingerprint density at radius 2 is 1.30 bits per heavy atom. The minimum Gasteiger partial charge on any atom is -0.343 e. The van der Waals surface area contributed by atoms with Crippen molar-refractivity contribution >= 4 is 11.8 Å². The third-order valence-electron chi connectivity index (χ3n) is 6.76. The number of hydrogen-bond donors (Lipinski definition) is 1. The molecule has 0 bridgehead atoms. The highest BCUT2D eigenvalue weighted by atomic mass is 16.2. The molecule has 0 saturated carbocycles. The van der Waals surface area contributed by atoms with E-state index in [1.807, 2.05) is 59.5 Å². The summed E-state index contributed by atoms with van der Waals surface area (Å²) in [6, 6.07) is 30.3. The number of likely N-dealkylation sites (tertiary alicyclic amines) is 1. The number of nitrogens with zero attached hydrogens (tertiary/aromatic N) is 1. The maximum atomic E-state index is 13.3. The van der Waals surface area contributed by atoms with Gasteiger partial charge in [0.1, 0.15) is 0 Å². The van der Waals surface area contributed by atoms with Crippen LogP contribution in [0, 0.1) is 5.92 Å². The summed E-state index contributed by atoms with van der Waals surface area (Å²) < 4.78 is 0. The molecule has 1 N–H and O–H groups in total. The van der Waals surface area contributed by atoms with Gasteiger partial charge in [0.25, 0.3) is 0 Å². The number of carbonyl (C=O) groups is 2. The van der Waals surface area contributed by atoms with Crippen molar-refractivity contribution in [2.24, 2.45) is 5.92 Å². The Balaban J connectivity index is 1.37. The maximum absolute atomic E-state index is 13.3. The number of aryl methyl sites for hydroxylation is 1. The van der Waals surface area contributed by atoms with E-state index < -0.39 is 5.54 Å². The molecule has 1 heterocycles. The van der Waals surface area contributed by atoms with Crippen molar-refractivity contribution in [2.75, 3.05) is 13.1 Å². The molecular formula is C29H32N2O2. The Kier molecular flexibility index (Phi) is 7.23. The van der Waals surface area contributed by atoms with Crippen molar-refractivity contribution < 1.29 is 9.59 Å². The van der Waals surface area contributed by atoms with Gasteiger partial charge < -0.3 is 10.2 Å². The number of rotatable bonds is 7. The van der Waals surface area contributed by atoms with Crippen LogP contribution in [0.4, 0.5) is 0 Å². The lowest BCUT2D eigenvalue weighted by Gasteiger charge is -2.36. The van der Waals surface area contributed by atoms with E-state index in [1.54, 1.807) is 0 Å². The SMILES string of the molecule is CC(NC(=O)C1CCN(C(=O)CCc2ccccc2)CC1)(c1ccccc1)c1ccccc1. The van der Waals surface area contributed by atoms with E-state index in [9.17, 15) is 9.59 Å². The van der Waals surface area contributed by atoms with Crippen molar-refractivity contribution in [1.82, 2.24) is 10.2 Å². The zero-order valence-corrected chi connectivity index (χ0v) is 19.2. The van der Waals surface area contributed by atoms with Gasteiger partial charge in [-0.1, -0.05) is 91.0 Å². The molecule has 33 heavy (non-hydrogen) atoms. The molecule has 0 unspecified atom stereocenters. The summed E-state index contributed by atoms with van der Waals surface area (Å²) in [5.41, 5.74) is 2.68. The van der Waals surface area contributed by atoms with Crippen molar-refractivity contribution in [1.29, 1.82) is 0 Å². The fourth-order valence-electron chi connectivity index (χ4n) is 4.65. The summed E-state index contributed by atoms with van der Waals surface area (Å²) in [5.74, 6) is 0.146. The lowest BCUT2D eigenvalue weighted by atomic mass is 9.83. The quantitative estimate of drug-likeness (QED) is 0.566. The number of amides is 2. The lowest BCUT2D eigenvalue weighted by molar-refractivity contribution is -0.136. The topological polar surface area (TPSA) is 49.4 Å². The Morgan fingerprint density at radius 3 is 1.82 bits per heavy atom. The summed E-state index contributed by atoms with van der Waals surface area (Å²) in [6.45, 7) is 3.34. The average molecular weight is 441 g/mol. The number of nitrogens with one attached hydrogen (secondary N) is 1. The van der Waals surface area contributed by atoms with Gasteiger partial charge in [-0.3, -0.25) is 9.59 Å². The molecule has 2 amide bonds. The minimum atomic E-state index is -0.609. The Labute approximate surface area is 196 Å². The van der Waals surface area contributed by atoms with Crippen molar-refractivity contribution in [3.63, 3.8) is 0 Å². The van der Waals surface area contributed by atoms with Crippen LogP contribution >= 0.6 is 0 Å². The highest BCUT2D eigenvalue weighted by molar-refractivity contribution is 5.81. The van der Waals surface area contributed by atoms with Crippen LogP contribution in [0.1, 0.15) is 42.9 Å². The largest absolute Gasteiger partial charge is 0.343 e. The molecule has 1 saturated heterocycles. The van der Waals surface area contributed by atoms with E-state index in [2.05, 4.69) is 48.6 Å². The molecule has 1 aliphatic rings. The fourth-order valence-corrected chi connectivity index (χ4v) is 4.65. The maximum Gasteiger partial charge on any atom is 0.224 e. The van der Waals surface area contributed by atoms with Crippen LogP contribution in [-0.2, 0) is 21.5 Å². The van der Waals surface area contributed by atoms with E-state index in [4.69, 9.17) is 0 Å². The van der Waals surface area contributed by atoms with Crippen LogP contribution < -0.4 is 5.32 Å². The Bertz CT molecular complexity index is 1000. The van der Waals surface area contributed by atoms with Gasteiger partial charge in [-0.2, -0.15) is 0 Å². The molecule has 170 valence electrons. The van der Waals surface area contributed by atoms with Crippen LogP contribution in [0.3, 0.4) is 0 Å². The average Bonchev–Trinajstić information content (AvgIpc) is 2.89. The van der Waals surface area contributed by atoms with Gasteiger partial charge in [0.2, 0.25) is 11.8 Å². The van der Waals surface area contributed by atoms with Gasteiger partial charge in [-0.25, -0.2) is 0 Å². The first-order valence-electron chi connectivity index (χ1n) is 11.8. The predicted octanol–water partition coefficient (Wildman–Crippen LogP) is 4.94. The Morgan fingerprint density at radius 1 is 0.818 bits per heavy atom. The van der Waals surface area contributed by atoms with Crippen LogP contribution in [0.15, 0.2) is 91.0 Å². The van der Waals surface area contributed by atoms with Gasteiger partial charge in [0.15, 0.2) is 0 Å². The molecule has 1 aliphatic heterocycles. The van der Waals surface area contributed by atoms with Crippen LogP contribution in [-0.4, -0.2) is 29.8 Å². The molecule has 0 aliphatic carbocycles. The lowest BCUT2D eigenvalue weighted by Crippen LogP contribution is -2.49. The molecule has 0 radical (unpaired) electrons. The second kappa shape index (κ2) is 10.5. The molecule has 0 aromatic heterocycles. The highest BCUT2D eigenvalue weighted by Crippen LogP contribution is 2.30. The second-order valence-corrected chi connectivity index (χ2v) is 8.99. The van der Waals surface area contributed by atoms with Crippen LogP contribution in [0.5, 0.6) is 0 Å². The van der Waals surface area contributed by atoms with E-state index in [0.29, 0.717) is 32.4 Å². The first-order valence-corrected chi connectivity index (χ1v) is 11.8. The predicted molar refractivity (Wildman–Crippen MR) is 132 cm³/mol. The van der Waals surface area contributed by atoms with E-state index in [0.717, 1.165) is 17.5 Å². The molecule has 3 aromatic carbocycles. The summed E-state index contributed by atoms with van der Waals surface area (Å²) >= 11 is 0. The standard InChI is InChI=1S/C29H32N2O2/c1-29(25-13-7-3-8-14-25,26-15-9-4-10-16-26)30-28(33)24-19-21-31(22-20-24)27(32)18-17-23-11-5-2-6-12-23/h2-16,24H,17-22H2,1H3,(H,30,33).